The molecule has 0 spiro atoms. The first-order valence-electron chi connectivity index (χ1n) is 5.29. The molecule has 17 heavy (non-hydrogen) atoms. The summed E-state index contributed by atoms with van der Waals surface area (Å²) < 4.78 is 23.2. The summed E-state index contributed by atoms with van der Waals surface area (Å²) in [5.41, 5.74) is -0.248. The van der Waals surface area contributed by atoms with E-state index in [1.807, 2.05) is 6.92 Å². The van der Waals surface area contributed by atoms with Crippen molar-refractivity contribution in [2.75, 3.05) is 19.8 Å². The average Bonchev–Trinajstić information content (AvgIpc) is 2.28. The summed E-state index contributed by atoms with van der Waals surface area (Å²) in [6.45, 7) is 3.05. The first-order valence-corrected chi connectivity index (χ1v) is 5.29. The Balaban J connectivity index is 2.56. The zero-order chi connectivity index (χ0) is 12.7. The SMILES string of the molecule is CCCOCCOc1cc(F)ccc1[N+](=O)[O-]. The number of hydrogen-bond acceptors (Lipinski definition) is 4. The summed E-state index contributed by atoms with van der Waals surface area (Å²) in [5.74, 6) is -0.643. The molecule has 0 saturated carbocycles. The van der Waals surface area contributed by atoms with Crippen molar-refractivity contribution >= 4 is 5.69 Å². The predicted octanol–water partition coefficient (Wildman–Crippen LogP) is 2.54. The van der Waals surface area contributed by atoms with Crippen LogP contribution < -0.4 is 4.74 Å². The van der Waals surface area contributed by atoms with Crippen molar-refractivity contribution in [2.45, 2.75) is 13.3 Å². The smallest absolute Gasteiger partial charge is 0.311 e. The molecule has 0 radical (unpaired) electrons. The van der Waals surface area contributed by atoms with E-state index in [4.69, 9.17) is 9.47 Å². The van der Waals surface area contributed by atoms with E-state index in [0.29, 0.717) is 13.2 Å². The number of nitro groups is 1. The highest BCUT2D eigenvalue weighted by molar-refractivity contribution is 5.46. The highest BCUT2D eigenvalue weighted by atomic mass is 19.1. The van der Waals surface area contributed by atoms with Crippen molar-refractivity contribution in [2.24, 2.45) is 0 Å². The molecule has 0 amide bonds. The maximum Gasteiger partial charge on any atom is 0.311 e. The molecule has 0 fully saturated rings. The van der Waals surface area contributed by atoms with Crippen molar-refractivity contribution in [1.82, 2.24) is 0 Å². The molecule has 0 aromatic heterocycles. The van der Waals surface area contributed by atoms with Gasteiger partial charge >= 0.3 is 5.69 Å². The lowest BCUT2D eigenvalue weighted by Gasteiger charge is -2.07. The van der Waals surface area contributed by atoms with E-state index in [1.54, 1.807) is 0 Å². The Kier molecular flexibility index (Phi) is 5.35. The van der Waals surface area contributed by atoms with Crippen LogP contribution in [0.1, 0.15) is 13.3 Å². The lowest BCUT2D eigenvalue weighted by Crippen LogP contribution is -2.08. The molecule has 0 aliphatic heterocycles. The third-order valence-corrected chi connectivity index (χ3v) is 1.95. The van der Waals surface area contributed by atoms with Crippen LogP contribution >= 0.6 is 0 Å². The van der Waals surface area contributed by atoms with Gasteiger partial charge in [0.2, 0.25) is 0 Å². The van der Waals surface area contributed by atoms with Crippen LogP contribution in [0, 0.1) is 15.9 Å². The van der Waals surface area contributed by atoms with Crippen LogP contribution in [0.25, 0.3) is 0 Å². The number of hydrogen-bond donors (Lipinski definition) is 0. The van der Waals surface area contributed by atoms with E-state index in [0.717, 1.165) is 24.6 Å². The number of ether oxygens (including phenoxy) is 2. The van der Waals surface area contributed by atoms with Gasteiger partial charge in [0.15, 0.2) is 5.75 Å². The summed E-state index contributed by atoms with van der Waals surface area (Å²) in [6.07, 6.45) is 0.889. The lowest BCUT2D eigenvalue weighted by molar-refractivity contribution is -0.385. The standard InChI is InChI=1S/C11H14FNO4/c1-2-5-16-6-7-17-11-8-9(12)3-4-10(11)13(14)15/h3-4,8H,2,5-7H2,1H3. The summed E-state index contributed by atoms with van der Waals surface area (Å²) in [4.78, 5) is 10.0. The van der Waals surface area contributed by atoms with E-state index in [2.05, 4.69) is 0 Å². The first kappa shape index (κ1) is 13.4. The lowest BCUT2D eigenvalue weighted by atomic mass is 10.3. The van der Waals surface area contributed by atoms with Crippen LogP contribution in [-0.4, -0.2) is 24.7 Å². The monoisotopic (exact) mass is 243 g/mol. The Bertz CT molecular complexity index is 384. The van der Waals surface area contributed by atoms with Gasteiger partial charge in [-0.05, 0) is 12.5 Å². The van der Waals surface area contributed by atoms with Gasteiger partial charge in [0.1, 0.15) is 12.4 Å². The minimum absolute atomic E-state index is 0.0740. The van der Waals surface area contributed by atoms with Gasteiger partial charge in [-0.15, -0.1) is 0 Å². The van der Waals surface area contributed by atoms with Crippen molar-refractivity contribution in [1.29, 1.82) is 0 Å². The molecular formula is C11H14FNO4. The van der Waals surface area contributed by atoms with Crippen LogP contribution in [0.5, 0.6) is 5.75 Å². The van der Waals surface area contributed by atoms with Gasteiger partial charge in [-0.2, -0.15) is 0 Å². The second kappa shape index (κ2) is 6.80. The minimum Gasteiger partial charge on any atom is -0.484 e. The quantitative estimate of drug-likeness (QED) is 0.419. The van der Waals surface area contributed by atoms with Crippen LogP contribution in [0.2, 0.25) is 0 Å². The molecule has 0 N–H and O–H groups in total. The summed E-state index contributed by atoms with van der Waals surface area (Å²) >= 11 is 0. The Morgan fingerprint density at radius 1 is 1.35 bits per heavy atom. The van der Waals surface area contributed by atoms with Crippen LogP contribution in [0.15, 0.2) is 18.2 Å². The molecule has 0 heterocycles. The fourth-order valence-corrected chi connectivity index (χ4v) is 1.21. The average molecular weight is 243 g/mol. The maximum atomic E-state index is 12.9. The fourth-order valence-electron chi connectivity index (χ4n) is 1.21. The second-order valence-corrected chi connectivity index (χ2v) is 3.33. The molecule has 0 saturated heterocycles. The van der Waals surface area contributed by atoms with Gasteiger partial charge in [0, 0.05) is 18.7 Å². The molecule has 6 heteroatoms. The zero-order valence-electron chi connectivity index (χ0n) is 9.52. The molecule has 0 bridgehead atoms. The highest BCUT2D eigenvalue weighted by Crippen LogP contribution is 2.27. The van der Waals surface area contributed by atoms with Gasteiger partial charge in [-0.25, -0.2) is 4.39 Å². The van der Waals surface area contributed by atoms with Gasteiger partial charge in [-0.3, -0.25) is 10.1 Å². The molecule has 0 aliphatic carbocycles. The summed E-state index contributed by atoms with van der Waals surface area (Å²) in [7, 11) is 0. The number of benzene rings is 1. The van der Waals surface area contributed by atoms with Crippen molar-refractivity contribution in [3.05, 3.63) is 34.1 Å². The van der Waals surface area contributed by atoms with Gasteiger partial charge in [-0.1, -0.05) is 6.92 Å². The van der Waals surface area contributed by atoms with E-state index in [1.165, 1.54) is 0 Å². The molecule has 1 aromatic rings. The number of rotatable bonds is 7. The van der Waals surface area contributed by atoms with Crippen molar-refractivity contribution in [3.63, 3.8) is 0 Å². The van der Waals surface area contributed by atoms with Crippen LogP contribution in [0.3, 0.4) is 0 Å². The normalized spacial score (nSPS) is 10.2. The highest BCUT2D eigenvalue weighted by Gasteiger charge is 2.15. The topological polar surface area (TPSA) is 61.6 Å². The summed E-state index contributed by atoms with van der Waals surface area (Å²) in [5, 5.41) is 10.6. The van der Waals surface area contributed by atoms with Crippen LogP contribution in [-0.2, 0) is 4.74 Å². The Hall–Kier alpha value is -1.69. The zero-order valence-corrected chi connectivity index (χ0v) is 9.52. The van der Waals surface area contributed by atoms with Crippen molar-refractivity contribution < 1.29 is 18.8 Å². The second-order valence-electron chi connectivity index (χ2n) is 3.33. The molecule has 1 aromatic carbocycles. The van der Waals surface area contributed by atoms with E-state index in [-0.39, 0.29) is 18.0 Å². The van der Waals surface area contributed by atoms with Gasteiger partial charge in [0.05, 0.1) is 11.5 Å². The largest absolute Gasteiger partial charge is 0.484 e. The summed E-state index contributed by atoms with van der Waals surface area (Å²) in [6, 6.07) is 3.11. The third-order valence-electron chi connectivity index (χ3n) is 1.95. The van der Waals surface area contributed by atoms with E-state index in [9.17, 15) is 14.5 Å². The molecule has 0 unspecified atom stereocenters. The van der Waals surface area contributed by atoms with Gasteiger partial charge < -0.3 is 9.47 Å². The molecule has 5 nitrogen and oxygen atoms in total. The third kappa shape index (κ3) is 4.36. The van der Waals surface area contributed by atoms with Gasteiger partial charge in [0.25, 0.3) is 0 Å². The van der Waals surface area contributed by atoms with Crippen LogP contribution in [0.4, 0.5) is 10.1 Å². The molecular weight excluding hydrogens is 229 g/mol. The first-order chi connectivity index (χ1) is 8.15. The fraction of sp³-hybridized carbons (Fsp3) is 0.455. The predicted molar refractivity (Wildman–Crippen MR) is 59.7 cm³/mol. The number of halogens is 1. The number of nitro benzene ring substituents is 1. The Morgan fingerprint density at radius 2 is 2.12 bits per heavy atom. The van der Waals surface area contributed by atoms with Crippen molar-refractivity contribution in [3.8, 4) is 5.75 Å². The maximum absolute atomic E-state index is 12.9. The minimum atomic E-state index is -0.609. The molecule has 1 rings (SSSR count). The number of nitrogens with zero attached hydrogens (tertiary/aromatic N) is 1. The van der Waals surface area contributed by atoms with E-state index >= 15 is 0 Å². The molecule has 94 valence electrons. The Labute approximate surface area is 98.3 Å². The molecule has 0 aliphatic rings. The molecule has 0 atom stereocenters. The Morgan fingerprint density at radius 3 is 2.76 bits per heavy atom. The van der Waals surface area contributed by atoms with E-state index < -0.39 is 10.7 Å².